The Labute approximate surface area is 81.6 Å². The maximum absolute atomic E-state index is 10.9. The van der Waals surface area contributed by atoms with Crippen LogP contribution in [-0.2, 0) is 4.79 Å². The molecule has 1 heterocycles. The molecule has 0 radical (unpaired) electrons. The quantitative estimate of drug-likeness (QED) is 0.735. The molecule has 0 atom stereocenters. The lowest BCUT2D eigenvalue weighted by Gasteiger charge is -2.16. The lowest BCUT2D eigenvalue weighted by molar-refractivity contribution is -0.130. The van der Waals surface area contributed by atoms with Crippen LogP contribution in [0.1, 0.15) is 11.1 Å². The van der Waals surface area contributed by atoms with Crippen molar-refractivity contribution in [3.05, 3.63) is 35.4 Å². The summed E-state index contributed by atoms with van der Waals surface area (Å²) in [5.74, 6) is -0.254. The Kier molecular flexibility index (Phi) is 2.00. The number of fused-ring (bicyclic) bond motifs is 1. The van der Waals surface area contributed by atoms with E-state index in [1.54, 1.807) is 12.1 Å². The Hall–Kier alpha value is -1.77. The van der Waals surface area contributed by atoms with Gasteiger partial charge in [-0.2, -0.15) is 0 Å². The second-order valence-electron chi connectivity index (χ2n) is 3.23. The molecule has 0 saturated carbocycles. The number of ether oxygens (including phenoxy) is 1. The van der Waals surface area contributed by atoms with E-state index in [1.165, 1.54) is 0 Å². The predicted molar refractivity (Wildman–Crippen MR) is 52.3 cm³/mol. The van der Waals surface area contributed by atoms with Crippen molar-refractivity contribution in [1.82, 2.24) is 0 Å². The van der Waals surface area contributed by atoms with Gasteiger partial charge in [0, 0.05) is 5.56 Å². The largest absolute Gasteiger partial charge is 0.489 e. The molecule has 0 aliphatic carbocycles. The van der Waals surface area contributed by atoms with Crippen molar-refractivity contribution >= 4 is 11.5 Å². The zero-order valence-corrected chi connectivity index (χ0v) is 7.78. The van der Waals surface area contributed by atoms with Crippen molar-refractivity contribution in [2.24, 2.45) is 0 Å². The first kappa shape index (κ1) is 8.81. The van der Waals surface area contributed by atoms with Crippen LogP contribution in [0.5, 0.6) is 5.75 Å². The van der Waals surface area contributed by atoms with Crippen molar-refractivity contribution in [3.8, 4) is 5.75 Å². The number of hydrogen-bond donors (Lipinski definition) is 1. The third-order valence-corrected chi connectivity index (χ3v) is 2.18. The number of benzene rings is 1. The molecule has 1 aliphatic heterocycles. The molecule has 1 aromatic rings. The molecule has 0 unspecified atom stereocenters. The highest BCUT2D eigenvalue weighted by Crippen LogP contribution is 2.30. The topological polar surface area (TPSA) is 46.5 Å². The van der Waals surface area contributed by atoms with Gasteiger partial charge in [0.15, 0.2) is 0 Å². The molecule has 1 N–H and O–H groups in total. The molecule has 0 spiro atoms. The van der Waals surface area contributed by atoms with Crippen molar-refractivity contribution in [2.75, 3.05) is 6.61 Å². The molecule has 14 heavy (non-hydrogen) atoms. The minimum atomic E-state index is -0.903. The number of carboxylic acids is 1. The van der Waals surface area contributed by atoms with Crippen molar-refractivity contribution < 1.29 is 14.6 Å². The standard InChI is InChI=1S/C11H10O3/c1-7-2-3-10-9(6-7)8(11(12)13)4-5-14-10/h2-4,6H,5H2,1H3,(H,12,13). The fourth-order valence-electron chi connectivity index (χ4n) is 1.51. The highest BCUT2D eigenvalue weighted by Gasteiger charge is 2.18. The van der Waals surface area contributed by atoms with Gasteiger partial charge >= 0.3 is 5.97 Å². The number of aryl methyl sites for hydroxylation is 1. The molecule has 0 amide bonds. The Morgan fingerprint density at radius 2 is 2.29 bits per heavy atom. The minimum Gasteiger partial charge on any atom is -0.489 e. The molecular weight excluding hydrogens is 180 g/mol. The molecule has 1 aliphatic rings. The highest BCUT2D eigenvalue weighted by atomic mass is 16.5. The molecule has 2 rings (SSSR count). The van der Waals surface area contributed by atoms with Gasteiger partial charge in [-0.15, -0.1) is 0 Å². The average Bonchev–Trinajstić information content (AvgIpc) is 2.16. The van der Waals surface area contributed by atoms with Crippen LogP contribution in [0, 0.1) is 6.92 Å². The van der Waals surface area contributed by atoms with Crippen molar-refractivity contribution in [3.63, 3.8) is 0 Å². The summed E-state index contributed by atoms with van der Waals surface area (Å²) in [6.45, 7) is 2.26. The summed E-state index contributed by atoms with van der Waals surface area (Å²) in [4.78, 5) is 10.9. The fraction of sp³-hybridized carbons (Fsp3) is 0.182. The Bertz CT molecular complexity index is 419. The van der Waals surface area contributed by atoms with E-state index in [-0.39, 0.29) is 0 Å². The average molecular weight is 190 g/mol. The first-order chi connectivity index (χ1) is 6.68. The van der Waals surface area contributed by atoms with Gasteiger partial charge in [-0.3, -0.25) is 0 Å². The van der Waals surface area contributed by atoms with Crippen molar-refractivity contribution in [2.45, 2.75) is 6.92 Å². The van der Waals surface area contributed by atoms with Crippen LogP contribution in [0.15, 0.2) is 24.3 Å². The van der Waals surface area contributed by atoms with E-state index >= 15 is 0 Å². The Morgan fingerprint density at radius 1 is 1.50 bits per heavy atom. The molecule has 0 saturated heterocycles. The normalized spacial score (nSPS) is 13.9. The molecular formula is C11H10O3. The van der Waals surface area contributed by atoms with Gasteiger partial charge in [-0.05, 0) is 25.1 Å². The third kappa shape index (κ3) is 1.37. The molecule has 3 nitrogen and oxygen atoms in total. The van der Waals surface area contributed by atoms with Crippen LogP contribution >= 0.6 is 0 Å². The molecule has 1 aromatic carbocycles. The first-order valence-electron chi connectivity index (χ1n) is 4.36. The molecule has 0 aromatic heterocycles. The summed E-state index contributed by atoms with van der Waals surface area (Å²) in [5, 5.41) is 8.95. The summed E-state index contributed by atoms with van der Waals surface area (Å²) < 4.78 is 5.32. The number of aliphatic carboxylic acids is 1. The van der Waals surface area contributed by atoms with Crippen LogP contribution in [0.2, 0.25) is 0 Å². The fourth-order valence-corrected chi connectivity index (χ4v) is 1.51. The SMILES string of the molecule is Cc1ccc2c(c1)C(C(=O)O)=CCO2. The number of carboxylic acid groups (broad SMARTS) is 1. The summed E-state index contributed by atoms with van der Waals surface area (Å²) in [5.41, 5.74) is 2.03. The van der Waals surface area contributed by atoms with Gasteiger partial charge in [0.2, 0.25) is 0 Å². The van der Waals surface area contributed by atoms with Gasteiger partial charge in [0.05, 0.1) is 5.57 Å². The summed E-state index contributed by atoms with van der Waals surface area (Å²) >= 11 is 0. The highest BCUT2D eigenvalue weighted by molar-refractivity contribution is 6.16. The van der Waals surface area contributed by atoms with Gasteiger partial charge in [-0.1, -0.05) is 11.6 Å². The van der Waals surface area contributed by atoms with Crippen molar-refractivity contribution in [1.29, 1.82) is 0 Å². The van der Waals surface area contributed by atoms with E-state index < -0.39 is 5.97 Å². The lowest BCUT2D eigenvalue weighted by Crippen LogP contribution is -2.10. The van der Waals surface area contributed by atoms with E-state index in [9.17, 15) is 4.79 Å². The van der Waals surface area contributed by atoms with Gasteiger partial charge in [0.1, 0.15) is 12.4 Å². The maximum atomic E-state index is 10.9. The van der Waals surface area contributed by atoms with Gasteiger partial charge < -0.3 is 9.84 Å². The van der Waals surface area contributed by atoms with Crippen LogP contribution in [-0.4, -0.2) is 17.7 Å². The second kappa shape index (κ2) is 3.18. The smallest absolute Gasteiger partial charge is 0.336 e. The number of carbonyl (C=O) groups is 1. The van der Waals surface area contributed by atoms with E-state index in [1.807, 2.05) is 19.1 Å². The zero-order chi connectivity index (χ0) is 10.1. The summed E-state index contributed by atoms with van der Waals surface area (Å²) in [6.07, 6.45) is 1.59. The first-order valence-corrected chi connectivity index (χ1v) is 4.36. The van der Waals surface area contributed by atoms with Crippen LogP contribution in [0.4, 0.5) is 0 Å². The second-order valence-corrected chi connectivity index (χ2v) is 3.23. The monoisotopic (exact) mass is 190 g/mol. The van der Waals surface area contributed by atoms with Crippen LogP contribution < -0.4 is 4.74 Å². The van der Waals surface area contributed by atoms with E-state index in [0.29, 0.717) is 23.5 Å². The molecule has 0 fully saturated rings. The minimum absolute atomic E-state index is 0.329. The van der Waals surface area contributed by atoms with Gasteiger partial charge in [-0.25, -0.2) is 4.79 Å². The van der Waals surface area contributed by atoms with Crippen LogP contribution in [0.25, 0.3) is 5.57 Å². The van der Waals surface area contributed by atoms with Gasteiger partial charge in [0.25, 0.3) is 0 Å². The Morgan fingerprint density at radius 3 is 3.00 bits per heavy atom. The molecule has 0 bridgehead atoms. The third-order valence-electron chi connectivity index (χ3n) is 2.18. The predicted octanol–water partition coefficient (Wildman–Crippen LogP) is 1.86. The Balaban J connectivity index is 2.56. The molecule has 3 heteroatoms. The number of rotatable bonds is 1. The van der Waals surface area contributed by atoms with Crippen LogP contribution in [0.3, 0.4) is 0 Å². The lowest BCUT2D eigenvalue weighted by atomic mass is 10.0. The zero-order valence-electron chi connectivity index (χ0n) is 7.78. The summed E-state index contributed by atoms with van der Waals surface area (Å²) in [7, 11) is 0. The summed E-state index contributed by atoms with van der Waals surface area (Å²) in [6, 6.07) is 5.54. The van der Waals surface area contributed by atoms with E-state index in [4.69, 9.17) is 9.84 Å². The molecule has 72 valence electrons. The maximum Gasteiger partial charge on any atom is 0.336 e. The van der Waals surface area contributed by atoms with E-state index in [2.05, 4.69) is 0 Å². The number of hydrogen-bond acceptors (Lipinski definition) is 2. The van der Waals surface area contributed by atoms with E-state index in [0.717, 1.165) is 5.56 Å².